The van der Waals surface area contributed by atoms with Crippen molar-refractivity contribution in [1.29, 1.82) is 0 Å². The number of carbonyl (C=O) groups is 1. The maximum absolute atomic E-state index is 13.1. The highest BCUT2D eigenvalue weighted by atomic mass is 32.2. The smallest absolute Gasteiger partial charge is 0.263 e. The van der Waals surface area contributed by atoms with E-state index in [1.165, 1.54) is 41.6 Å². The Morgan fingerprint density at radius 1 is 0.327 bits per heavy atom. The van der Waals surface area contributed by atoms with Crippen molar-refractivity contribution in [1.82, 2.24) is 48.9 Å². The average molecular weight is 2190 g/mol. The number of ether oxygens (including phenoxy) is 1. The predicted molar refractivity (Wildman–Crippen MR) is 601 cm³/mol. The van der Waals surface area contributed by atoms with Crippen molar-refractivity contribution in [2.75, 3.05) is 37.3 Å². The normalized spacial score (nSPS) is 12.3. The number of Topliss-reactive ketones (excluding diaryl/α,β-unsaturated/α-hetero) is 1. The fourth-order valence-electron chi connectivity index (χ4n) is 16.1. The highest BCUT2D eigenvalue weighted by molar-refractivity contribution is 7.94. The maximum atomic E-state index is 13.1. The van der Waals surface area contributed by atoms with Crippen LogP contribution in [0.1, 0.15) is 185 Å². The number of nitrogens with zero attached hydrogens (tertiary/aromatic N) is 10. The summed E-state index contributed by atoms with van der Waals surface area (Å²) in [6.07, 6.45) is 22.4. The van der Waals surface area contributed by atoms with Gasteiger partial charge in [-0.2, -0.15) is 25.5 Å². The monoisotopic (exact) mass is 2190 g/mol. The summed E-state index contributed by atoms with van der Waals surface area (Å²) in [7, 11) is -17.0. The van der Waals surface area contributed by atoms with Gasteiger partial charge in [0.05, 0.1) is 67.1 Å². The van der Waals surface area contributed by atoms with E-state index in [9.17, 15) is 46.9 Å². The van der Waals surface area contributed by atoms with Crippen LogP contribution in [0.4, 0.5) is 29.1 Å². The molecular formula is C109H125N15O12S11. The van der Waals surface area contributed by atoms with Crippen LogP contribution in [0.5, 0.6) is 0 Å². The van der Waals surface area contributed by atoms with Gasteiger partial charge in [-0.05, 0) is 266 Å². The van der Waals surface area contributed by atoms with Crippen molar-refractivity contribution >= 4 is 153 Å². The highest BCUT2D eigenvalue weighted by Gasteiger charge is 2.29. The molecule has 6 aromatic carbocycles. The molecule has 11 aromatic heterocycles. The van der Waals surface area contributed by atoms with Gasteiger partial charge < -0.3 is 4.74 Å². The van der Waals surface area contributed by atoms with E-state index in [-0.39, 0.29) is 42.7 Å². The van der Waals surface area contributed by atoms with Crippen molar-refractivity contribution in [2.24, 2.45) is 0 Å². The molecule has 17 aromatic rings. The summed E-state index contributed by atoms with van der Waals surface area (Å²) in [6.45, 7) is 13.7. The van der Waals surface area contributed by atoms with E-state index in [0.717, 1.165) is 209 Å². The van der Waals surface area contributed by atoms with Crippen molar-refractivity contribution < 1.29 is 51.6 Å². The third kappa shape index (κ3) is 31.3. The number of aryl methyl sites for hydroxylation is 7. The second-order valence-corrected chi connectivity index (χ2v) is 49.4. The number of para-hydroxylation sites is 1. The zero-order valence-corrected chi connectivity index (χ0v) is 92.3. The molecule has 0 spiro atoms. The number of ketones is 1. The minimum atomic E-state index is -3.76. The van der Waals surface area contributed by atoms with Crippen LogP contribution in [-0.4, -0.2) is 110 Å². The van der Waals surface area contributed by atoms with Gasteiger partial charge in [-0.25, -0.2) is 65.5 Å². The number of benzene rings is 6. The Balaban J connectivity index is 0.000000145. The molecule has 18 rings (SSSR count). The lowest BCUT2D eigenvalue weighted by atomic mass is 9.96. The molecular weight excluding hydrogens is 2060 g/mol. The second-order valence-electron chi connectivity index (χ2n) is 35.3. The highest BCUT2D eigenvalue weighted by Crippen LogP contribution is 2.39. The van der Waals surface area contributed by atoms with E-state index < -0.39 is 50.1 Å². The molecule has 38 heteroatoms. The molecule has 0 saturated heterocycles. The molecule has 1 aliphatic rings. The lowest BCUT2D eigenvalue weighted by Crippen LogP contribution is -2.20. The molecule has 774 valence electrons. The third-order valence-corrected chi connectivity index (χ3v) is 36.2. The molecule has 27 nitrogen and oxygen atoms in total. The Morgan fingerprint density at radius 2 is 0.626 bits per heavy atom. The average Bonchev–Trinajstić information content (AvgIpc) is 1.69. The van der Waals surface area contributed by atoms with Gasteiger partial charge in [0, 0.05) is 57.0 Å². The molecule has 0 atom stereocenters. The van der Waals surface area contributed by atoms with Gasteiger partial charge in [0.2, 0.25) is 0 Å². The number of carbonyl (C=O) groups excluding carboxylic acids is 1. The molecule has 0 bridgehead atoms. The zero-order chi connectivity index (χ0) is 104. The molecule has 0 unspecified atom stereocenters. The van der Waals surface area contributed by atoms with E-state index in [0.29, 0.717) is 54.5 Å². The van der Waals surface area contributed by atoms with E-state index in [4.69, 9.17) is 9.84 Å². The van der Waals surface area contributed by atoms with Crippen molar-refractivity contribution in [3.05, 3.63) is 315 Å². The van der Waals surface area contributed by atoms with Gasteiger partial charge >= 0.3 is 0 Å². The Bertz CT molecular complexity index is 7540. The molecule has 5 N–H and O–H groups in total. The number of hydrogen-bond acceptors (Lipinski definition) is 23. The van der Waals surface area contributed by atoms with Crippen LogP contribution in [0, 0.1) is 0 Å². The Hall–Kier alpha value is -12.1. The topological polar surface area (TPSA) is 346 Å². The van der Waals surface area contributed by atoms with Gasteiger partial charge in [-0.15, -0.1) is 68.0 Å². The Morgan fingerprint density at radius 3 is 0.952 bits per heavy atom. The SMILES string of the molecule is CCCCc1ccc(S(=O)(=O)Nc2cc(-c3cccs3)nn2-c2ccccc2)cc1.CCCCc1ccc(S(=O)(=O)Nc2cc(-c3cccs3)nn2-c2cccs2)cc1.CCCCc1ccc(S(=O)(=O)Nc2cc(-c3cccs3)nn2C2CCCCC2)cc1.CCCCc1ccc(S(=O)(=O)Nc2cc(-c3cccs3)nn2CCC(C)=O)cc1.CCCCc1ccc(S(=O)(=O)Nc2cc(-c3cccs3)nn2CCCOC)cc1. The van der Waals surface area contributed by atoms with Crippen molar-refractivity contribution in [2.45, 2.75) is 226 Å². The lowest BCUT2D eigenvalue weighted by Gasteiger charge is -2.24. The fraction of sp³-hybridized carbons (Fsp3) is 0.303. The van der Waals surface area contributed by atoms with Crippen molar-refractivity contribution in [3.63, 3.8) is 0 Å². The molecule has 147 heavy (non-hydrogen) atoms. The van der Waals surface area contributed by atoms with Crippen LogP contribution in [0.3, 0.4) is 0 Å². The number of methoxy groups -OCH3 is 1. The number of sulfonamides is 5. The Labute approximate surface area is 887 Å². The first-order valence-electron chi connectivity index (χ1n) is 49.4. The maximum Gasteiger partial charge on any atom is 0.263 e. The van der Waals surface area contributed by atoms with Crippen LogP contribution in [0.25, 0.3) is 63.5 Å². The molecule has 1 fully saturated rings. The van der Waals surface area contributed by atoms with E-state index in [1.54, 1.807) is 156 Å². The van der Waals surface area contributed by atoms with Crippen LogP contribution in [-0.2, 0) is 105 Å². The molecule has 1 saturated carbocycles. The zero-order valence-electron chi connectivity index (χ0n) is 83.3. The number of thiophene rings is 6. The van der Waals surface area contributed by atoms with Crippen LogP contribution in [0.2, 0.25) is 0 Å². The lowest BCUT2D eigenvalue weighted by molar-refractivity contribution is -0.117. The number of unbranched alkanes of at least 4 members (excludes halogenated alkanes) is 5. The van der Waals surface area contributed by atoms with E-state index in [1.807, 2.05) is 207 Å². The molecule has 0 radical (unpaired) electrons. The number of nitrogens with one attached hydrogen (secondary N) is 5. The summed E-state index contributed by atoms with van der Waals surface area (Å²) in [6, 6.07) is 77.6. The first kappa shape index (κ1) is 111. The van der Waals surface area contributed by atoms with Crippen LogP contribution >= 0.6 is 68.0 Å². The quantitative estimate of drug-likeness (QED) is 0.0221. The summed E-state index contributed by atoms with van der Waals surface area (Å²) in [5, 5.41) is 35.8. The van der Waals surface area contributed by atoms with E-state index in [2.05, 4.69) is 78.6 Å². The van der Waals surface area contributed by atoms with Gasteiger partial charge in [0.1, 0.15) is 68.3 Å². The number of rotatable bonds is 45. The number of aromatic nitrogens is 10. The standard InChI is InChI=1S/C23H29N3O2S2.C23H23N3O2S2.C21H27N3O3S2.C21H25N3O3S2.C21H21N3O2S3/c2*1-2-3-8-18-12-14-20(15-13-18)30(27,28)25-23-17-21(22-11-7-16-29-22)24-26(23)19-9-5-4-6-10-19;1-3-4-7-17-9-11-18(12-10-17)29(25,26)23-21-16-19(20-8-5-15-28-20)22-24(21)13-6-14-27-2;1-3-4-6-17-8-10-18(11-9-17)29(26,27)23-21-15-19(20-7-5-14-28-20)22-24(21)13-12-16(2)25;1-2-3-6-16-9-11-17(12-10-16)29(25,26)23-20-15-18(19-7-4-13-27-19)22-24(20)21-8-5-14-28-21/h7,11-17,19,25H,2-6,8-10H2,1H3;4-7,9-17,25H,2-3,8H2,1H3;5,8-12,15-16,23H,3-4,6-7,13-14H2,1-2H3;5,7-11,14-15,23H,3-4,6,12-13H2,1-2H3;4-5,7-15,23H,2-3,6H2,1H3. The van der Waals surface area contributed by atoms with Crippen LogP contribution < -0.4 is 23.6 Å². The largest absolute Gasteiger partial charge is 0.385 e. The summed E-state index contributed by atoms with van der Waals surface area (Å²) in [4.78, 5) is 17.6. The summed E-state index contributed by atoms with van der Waals surface area (Å²) >= 11 is 9.34. The summed E-state index contributed by atoms with van der Waals surface area (Å²) in [5.74, 6) is 2.21. The fourth-order valence-corrected chi connectivity index (χ4v) is 25.4. The van der Waals surface area contributed by atoms with Crippen molar-refractivity contribution in [3.8, 4) is 63.5 Å². The molecule has 0 amide bonds. The van der Waals surface area contributed by atoms with Crippen LogP contribution in [0.15, 0.2) is 312 Å². The van der Waals surface area contributed by atoms with E-state index >= 15 is 0 Å². The summed E-state index contributed by atoms with van der Waals surface area (Å²) in [5.41, 5.74) is 10.2. The van der Waals surface area contributed by atoms with Gasteiger partial charge in [-0.1, -0.05) is 195 Å². The number of anilines is 5. The predicted octanol–water partition coefficient (Wildman–Crippen LogP) is 27.3. The van der Waals surface area contributed by atoms with Gasteiger partial charge in [-0.3, -0.25) is 28.4 Å². The molecule has 11 heterocycles. The minimum Gasteiger partial charge on any atom is -0.385 e. The van der Waals surface area contributed by atoms with Gasteiger partial charge in [0.25, 0.3) is 50.1 Å². The van der Waals surface area contributed by atoms with Gasteiger partial charge in [0.15, 0.2) is 0 Å². The first-order valence-corrected chi connectivity index (χ1v) is 62.1. The summed E-state index contributed by atoms with van der Waals surface area (Å²) < 4.78 is 157. The third-order valence-electron chi connectivity index (χ3n) is 24.1. The second kappa shape index (κ2) is 53.7. The molecule has 0 aliphatic heterocycles. The first-order chi connectivity index (χ1) is 71.1. The molecule has 1 aliphatic carbocycles. The minimum absolute atomic E-state index is 0.0228. The number of hydrogen-bond donors (Lipinski definition) is 5. The Kier molecular flexibility index (Phi) is 40.4.